The topological polar surface area (TPSA) is 15.3 Å². The molecule has 0 radical (unpaired) electrons. The van der Waals surface area contributed by atoms with Crippen molar-refractivity contribution in [1.29, 1.82) is 0 Å². The summed E-state index contributed by atoms with van der Waals surface area (Å²) in [5.41, 5.74) is 0.0950. The second-order valence-corrected chi connectivity index (χ2v) is 6.03. The van der Waals surface area contributed by atoms with Gasteiger partial charge in [-0.25, -0.2) is 0 Å². The Balaban J connectivity index is 2.31. The summed E-state index contributed by atoms with van der Waals surface area (Å²) in [5.74, 6) is 0.379. The molecule has 1 aliphatic rings. The fraction of sp³-hybridized carbons (Fsp3) is 0.625. The van der Waals surface area contributed by atoms with E-state index in [1.807, 2.05) is 0 Å². The Morgan fingerprint density at radius 2 is 2.05 bits per heavy atom. The number of hydrogen-bond donors (Lipinski definition) is 1. The third kappa shape index (κ3) is 3.70. The van der Waals surface area contributed by atoms with E-state index in [0.29, 0.717) is 17.6 Å². The third-order valence-corrected chi connectivity index (χ3v) is 4.20. The van der Waals surface area contributed by atoms with E-state index in [0.717, 1.165) is 25.6 Å². The molecule has 1 N–H and O–H groups in total. The van der Waals surface area contributed by atoms with Crippen LogP contribution in [0.2, 0.25) is 0 Å². The number of hydrogen-bond acceptors (Lipinski definition) is 2. The third-order valence-electron chi connectivity index (χ3n) is 4.20. The van der Waals surface area contributed by atoms with Gasteiger partial charge in [0.25, 0.3) is 0 Å². The van der Waals surface area contributed by atoms with Gasteiger partial charge >= 0.3 is 6.18 Å². The van der Waals surface area contributed by atoms with Crippen molar-refractivity contribution in [3.05, 3.63) is 29.8 Å². The zero-order valence-corrected chi connectivity index (χ0v) is 12.7. The van der Waals surface area contributed by atoms with Crippen molar-refractivity contribution in [3.63, 3.8) is 0 Å². The molecule has 1 aromatic carbocycles. The van der Waals surface area contributed by atoms with Gasteiger partial charge in [0, 0.05) is 30.9 Å². The number of halogens is 3. The Morgan fingerprint density at radius 1 is 1.33 bits per heavy atom. The van der Waals surface area contributed by atoms with Crippen molar-refractivity contribution in [3.8, 4) is 0 Å². The highest BCUT2D eigenvalue weighted by Gasteiger charge is 2.33. The minimum absolute atomic E-state index is 0.219. The standard InChI is InChI=1S/C16H23F3N2/c1-4-13-10-21(15(9-20-13)11(2)3)14-7-5-6-12(8-14)16(17,18)19/h5-8,11,13,15,20H,4,9-10H2,1-3H3. The van der Waals surface area contributed by atoms with E-state index < -0.39 is 11.7 Å². The van der Waals surface area contributed by atoms with Crippen LogP contribution in [-0.2, 0) is 6.18 Å². The van der Waals surface area contributed by atoms with Gasteiger partial charge in [-0.1, -0.05) is 26.8 Å². The van der Waals surface area contributed by atoms with E-state index in [9.17, 15) is 13.2 Å². The SMILES string of the molecule is CCC1CN(c2cccc(C(F)(F)F)c2)C(C(C)C)CN1. The molecule has 21 heavy (non-hydrogen) atoms. The number of piperazine rings is 1. The van der Waals surface area contributed by atoms with Crippen LogP contribution in [-0.4, -0.2) is 25.2 Å². The number of nitrogens with one attached hydrogen (secondary N) is 1. The first kappa shape index (κ1) is 16.1. The molecule has 5 heteroatoms. The fourth-order valence-electron chi connectivity index (χ4n) is 2.86. The highest BCUT2D eigenvalue weighted by atomic mass is 19.4. The number of benzene rings is 1. The van der Waals surface area contributed by atoms with Gasteiger partial charge in [-0.15, -0.1) is 0 Å². The molecule has 0 bridgehead atoms. The minimum atomic E-state index is -4.29. The molecule has 0 aliphatic carbocycles. The Kier molecular flexibility index (Phi) is 4.81. The molecular formula is C16H23F3N2. The van der Waals surface area contributed by atoms with E-state index in [-0.39, 0.29) is 6.04 Å². The molecule has 1 aliphatic heterocycles. The number of anilines is 1. The van der Waals surface area contributed by atoms with Crippen LogP contribution < -0.4 is 10.2 Å². The maximum Gasteiger partial charge on any atom is 0.416 e. The molecule has 0 spiro atoms. The van der Waals surface area contributed by atoms with Gasteiger partial charge in [0.15, 0.2) is 0 Å². The van der Waals surface area contributed by atoms with Crippen molar-refractivity contribution < 1.29 is 13.2 Å². The second kappa shape index (κ2) is 6.26. The molecule has 0 saturated carbocycles. The molecule has 1 heterocycles. The van der Waals surface area contributed by atoms with E-state index in [2.05, 4.69) is 31.0 Å². The van der Waals surface area contributed by atoms with Crippen molar-refractivity contribution in [2.45, 2.75) is 45.5 Å². The summed E-state index contributed by atoms with van der Waals surface area (Å²) >= 11 is 0. The van der Waals surface area contributed by atoms with Gasteiger partial charge in [-0.05, 0) is 30.5 Å². The second-order valence-electron chi connectivity index (χ2n) is 6.03. The van der Waals surface area contributed by atoms with E-state index in [1.165, 1.54) is 12.1 Å². The normalized spacial score (nSPS) is 23.7. The van der Waals surface area contributed by atoms with Crippen molar-refractivity contribution in [1.82, 2.24) is 5.32 Å². The molecule has 118 valence electrons. The summed E-state index contributed by atoms with van der Waals surface area (Å²) < 4.78 is 38.7. The lowest BCUT2D eigenvalue weighted by Gasteiger charge is -2.44. The van der Waals surface area contributed by atoms with Crippen LogP contribution in [0.15, 0.2) is 24.3 Å². The van der Waals surface area contributed by atoms with Gasteiger partial charge in [0.2, 0.25) is 0 Å². The molecule has 2 unspecified atom stereocenters. The zero-order valence-electron chi connectivity index (χ0n) is 12.7. The highest BCUT2D eigenvalue weighted by molar-refractivity contribution is 5.51. The van der Waals surface area contributed by atoms with Crippen LogP contribution in [0.1, 0.15) is 32.8 Å². The summed E-state index contributed by atoms with van der Waals surface area (Å²) in [7, 11) is 0. The molecule has 2 rings (SSSR count). The predicted molar refractivity (Wildman–Crippen MR) is 79.5 cm³/mol. The maximum absolute atomic E-state index is 12.9. The Morgan fingerprint density at radius 3 is 2.62 bits per heavy atom. The van der Waals surface area contributed by atoms with Crippen molar-refractivity contribution in [2.75, 3.05) is 18.0 Å². The average Bonchev–Trinajstić information content (AvgIpc) is 2.45. The first-order valence-corrected chi connectivity index (χ1v) is 7.50. The van der Waals surface area contributed by atoms with Crippen LogP contribution in [0.4, 0.5) is 18.9 Å². The molecule has 2 atom stereocenters. The van der Waals surface area contributed by atoms with Crippen LogP contribution in [0.5, 0.6) is 0 Å². The van der Waals surface area contributed by atoms with Crippen LogP contribution in [0.25, 0.3) is 0 Å². The molecular weight excluding hydrogens is 277 g/mol. The first-order chi connectivity index (χ1) is 9.82. The summed E-state index contributed by atoms with van der Waals surface area (Å²) in [6.07, 6.45) is -3.32. The van der Waals surface area contributed by atoms with E-state index >= 15 is 0 Å². The van der Waals surface area contributed by atoms with Gasteiger partial charge in [-0.3, -0.25) is 0 Å². The zero-order chi connectivity index (χ0) is 15.6. The summed E-state index contributed by atoms with van der Waals surface area (Å²) in [6, 6.07) is 6.23. The Hall–Kier alpha value is -1.23. The Bertz CT molecular complexity index is 471. The fourth-order valence-corrected chi connectivity index (χ4v) is 2.86. The smallest absolute Gasteiger partial charge is 0.365 e. The van der Waals surface area contributed by atoms with Crippen molar-refractivity contribution in [2.24, 2.45) is 5.92 Å². The van der Waals surface area contributed by atoms with Gasteiger partial charge in [-0.2, -0.15) is 13.2 Å². The number of alkyl halides is 3. The average molecular weight is 300 g/mol. The monoisotopic (exact) mass is 300 g/mol. The largest absolute Gasteiger partial charge is 0.416 e. The first-order valence-electron chi connectivity index (χ1n) is 7.50. The summed E-state index contributed by atoms with van der Waals surface area (Å²) in [6.45, 7) is 7.88. The highest BCUT2D eigenvalue weighted by Crippen LogP contribution is 2.33. The quantitative estimate of drug-likeness (QED) is 0.910. The predicted octanol–water partition coefficient (Wildman–Crippen LogP) is 3.92. The number of nitrogens with zero attached hydrogens (tertiary/aromatic N) is 1. The molecule has 2 nitrogen and oxygen atoms in total. The van der Waals surface area contributed by atoms with Gasteiger partial charge in [0.1, 0.15) is 0 Å². The van der Waals surface area contributed by atoms with Crippen LogP contribution >= 0.6 is 0 Å². The maximum atomic E-state index is 12.9. The molecule has 0 amide bonds. The van der Waals surface area contributed by atoms with Gasteiger partial charge in [0.05, 0.1) is 5.56 Å². The minimum Gasteiger partial charge on any atom is -0.365 e. The Labute approximate surface area is 124 Å². The molecule has 0 aromatic heterocycles. The van der Waals surface area contributed by atoms with Crippen molar-refractivity contribution >= 4 is 5.69 Å². The van der Waals surface area contributed by atoms with E-state index in [1.54, 1.807) is 6.07 Å². The summed E-state index contributed by atoms with van der Waals surface area (Å²) in [5, 5.41) is 3.48. The van der Waals surface area contributed by atoms with Crippen LogP contribution in [0.3, 0.4) is 0 Å². The molecule has 1 fully saturated rings. The van der Waals surface area contributed by atoms with E-state index in [4.69, 9.17) is 0 Å². The molecule has 1 saturated heterocycles. The lowest BCUT2D eigenvalue weighted by molar-refractivity contribution is -0.137. The number of rotatable bonds is 3. The lowest BCUT2D eigenvalue weighted by Crippen LogP contribution is -2.58. The summed E-state index contributed by atoms with van der Waals surface area (Å²) in [4.78, 5) is 2.13. The lowest BCUT2D eigenvalue weighted by atomic mass is 9.96. The van der Waals surface area contributed by atoms with Gasteiger partial charge < -0.3 is 10.2 Å². The van der Waals surface area contributed by atoms with Crippen LogP contribution in [0, 0.1) is 5.92 Å². The molecule has 1 aromatic rings.